The third-order valence-electron chi connectivity index (χ3n) is 0.521. The summed E-state index contributed by atoms with van der Waals surface area (Å²) in [7, 11) is 0. The van der Waals surface area contributed by atoms with Crippen molar-refractivity contribution in [2.45, 2.75) is 6.11 Å². The van der Waals surface area contributed by atoms with Crippen LogP contribution in [0, 0.1) is 0 Å². The minimum Gasteiger partial charge on any atom is -0.284 e. The van der Waals surface area contributed by atoms with Gasteiger partial charge >= 0.3 is 28.8 Å². The monoisotopic (exact) mass is 226 g/mol. The first-order valence-electron chi connectivity index (χ1n) is 2.26. The fourth-order valence-corrected chi connectivity index (χ4v) is 0.742. The van der Waals surface area contributed by atoms with Gasteiger partial charge in [0.05, 0.1) is 0 Å². The van der Waals surface area contributed by atoms with Crippen LogP contribution in [-0.2, 0) is 31.1 Å². The molecule has 0 aromatic carbocycles. The highest BCUT2D eigenvalue weighted by Gasteiger charge is 2.34. The van der Waals surface area contributed by atoms with E-state index in [4.69, 9.17) is 9.11 Å². The Labute approximate surface area is 70.8 Å². The van der Waals surface area contributed by atoms with Crippen molar-refractivity contribution in [1.29, 1.82) is 0 Å². The Morgan fingerprint density at radius 2 is 1.75 bits per heavy atom. The third-order valence-corrected chi connectivity index (χ3v) is 1.23. The topological polar surface area (TPSA) is 93.1 Å². The van der Waals surface area contributed by atoms with Crippen LogP contribution >= 0.6 is 0 Å². The van der Waals surface area contributed by atoms with Crippen molar-refractivity contribution in [3.05, 3.63) is 0 Å². The Hall–Kier alpha value is -0.000000000000000104. The summed E-state index contributed by atoms with van der Waals surface area (Å²) in [5, 5.41) is 0. The minimum absolute atomic E-state index is 1.58. The van der Waals surface area contributed by atoms with Crippen LogP contribution in [0.3, 0.4) is 0 Å². The summed E-state index contributed by atoms with van der Waals surface area (Å²) in [4.78, 5) is 0. The Morgan fingerprint density at radius 3 is 2.08 bits per heavy atom. The van der Waals surface area contributed by atoms with Gasteiger partial charge in [-0.3, -0.25) is 13.3 Å². The van der Waals surface area contributed by atoms with E-state index in [1.807, 2.05) is 0 Å². The molecule has 10 heteroatoms. The molecule has 0 aromatic rings. The molecule has 0 aliphatic heterocycles. The second-order valence-electron chi connectivity index (χ2n) is 1.42. The molecule has 0 saturated carbocycles. The molecular weight excluding hydrogens is 222 g/mol. The van der Waals surface area contributed by atoms with Gasteiger partial charge in [-0.2, -0.15) is 21.4 Å². The van der Waals surface area contributed by atoms with Crippen molar-refractivity contribution in [2.75, 3.05) is 6.61 Å². The molecule has 0 amide bonds. The highest BCUT2D eigenvalue weighted by atomic mass is 32.2. The van der Waals surface area contributed by atoms with Crippen LogP contribution in [0.15, 0.2) is 0 Å². The van der Waals surface area contributed by atoms with Crippen LogP contribution in [0.1, 0.15) is 0 Å². The lowest BCUT2D eigenvalue weighted by Gasteiger charge is -2.11. The SMILES string of the molecule is O=S(O)OCC(F)(F)OS(=O)O. The molecule has 0 aliphatic carbocycles. The van der Waals surface area contributed by atoms with Gasteiger partial charge in [-0.05, 0) is 0 Å². The van der Waals surface area contributed by atoms with E-state index < -0.39 is 35.4 Å². The van der Waals surface area contributed by atoms with Gasteiger partial charge in [-0.1, -0.05) is 0 Å². The van der Waals surface area contributed by atoms with Crippen molar-refractivity contribution in [1.82, 2.24) is 0 Å². The molecule has 2 unspecified atom stereocenters. The molecule has 2 N–H and O–H groups in total. The molecule has 0 heterocycles. The zero-order valence-corrected chi connectivity index (χ0v) is 6.94. The Kier molecular flexibility index (Phi) is 4.89. The third kappa shape index (κ3) is 6.69. The van der Waals surface area contributed by atoms with E-state index in [9.17, 15) is 17.2 Å². The van der Waals surface area contributed by atoms with Gasteiger partial charge in [0.15, 0.2) is 6.61 Å². The molecule has 0 aromatic heterocycles. The van der Waals surface area contributed by atoms with E-state index in [1.165, 1.54) is 0 Å². The molecule has 2 atom stereocenters. The molecular formula is C2H4F2O6S2. The second kappa shape index (κ2) is 4.89. The smallest absolute Gasteiger partial charge is 0.284 e. The summed E-state index contributed by atoms with van der Waals surface area (Å²) in [5.74, 6) is 0. The summed E-state index contributed by atoms with van der Waals surface area (Å²) in [5.41, 5.74) is 0. The predicted molar refractivity (Wildman–Crippen MR) is 33.5 cm³/mol. The Morgan fingerprint density at radius 1 is 1.25 bits per heavy atom. The zero-order chi connectivity index (χ0) is 9.78. The number of hydrogen-bond donors (Lipinski definition) is 2. The highest BCUT2D eigenvalue weighted by Crippen LogP contribution is 2.16. The maximum absolute atomic E-state index is 12.1. The maximum atomic E-state index is 12.1. The van der Waals surface area contributed by atoms with Gasteiger partial charge < -0.3 is 0 Å². The Balaban J connectivity index is 3.86. The quantitative estimate of drug-likeness (QED) is 0.635. The van der Waals surface area contributed by atoms with Crippen LogP contribution in [0.5, 0.6) is 0 Å². The summed E-state index contributed by atoms with van der Waals surface area (Å²) >= 11 is -6.03. The molecule has 6 nitrogen and oxygen atoms in total. The first kappa shape index (κ1) is 12.0. The largest absolute Gasteiger partial charge is 0.394 e. The van der Waals surface area contributed by atoms with Crippen LogP contribution in [-0.4, -0.2) is 30.2 Å². The molecule has 0 aliphatic rings. The number of alkyl halides is 2. The highest BCUT2D eigenvalue weighted by molar-refractivity contribution is 7.74. The average Bonchev–Trinajstić information content (AvgIpc) is 1.81. The Bertz CT molecular complexity index is 194. The summed E-state index contributed by atoms with van der Waals surface area (Å²) in [6, 6.07) is 0. The second-order valence-corrected chi connectivity index (χ2v) is 2.69. The van der Waals surface area contributed by atoms with Gasteiger partial charge in [0.2, 0.25) is 0 Å². The van der Waals surface area contributed by atoms with Gasteiger partial charge in [-0.15, -0.1) is 0 Å². The summed E-state index contributed by atoms with van der Waals surface area (Å²) in [6.07, 6.45) is -4.07. The fraction of sp³-hybridized carbons (Fsp3) is 1.00. The fourth-order valence-electron chi connectivity index (χ4n) is 0.247. The van der Waals surface area contributed by atoms with E-state index in [1.54, 1.807) is 0 Å². The molecule has 0 saturated heterocycles. The van der Waals surface area contributed by atoms with E-state index in [2.05, 4.69) is 8.37 Å². The molecule has 12 heavy (non-hydrogen) atoms. The predicted octanol–water partition coefficient (Wildman–Crippen LogP) is -0.114. The first-order chi connectivity index (χ1) is 5.33. The van der Waals surface area contributed by atoms with Gasteiger partial charge in [0, 0.05) is 0 Å². The van der Waals surface area contributed by atoms with Crippen molar-refractivity contribution in [3.63, 3.8) is 0 Å². The lowest BCUT2D eigenvalue weighted by atomic mass is 10.7. The number of rotatable bonds is 5. The van der Waals surface area contributed by atoms with Crippen LogP contribution < -0.4 is 0 Å². The van der Waals surface area contributed by atoms with Crippen molar-refractivity contribution >= 4 is 22.7 Å². The zero-order valence-electron chi connectivity index (χ0n) is 5.31. The number of hydrogen-bond acceptors (Lipinski definition) is 4. The summed E-state index contributed by atoms with van der Waals surface area (Å²) in [6.45, 7) is -1.58. The van der Waals surface area contributed by atoms with E-state index >= 15 is 0 Å². The first-order valence-corrected chi connectivity index (χ1v) is 4.32. The normalized spacial score (nSPS) is 17.3. The van der Waals surface area contributed by atoms with Crippen LogP contribution in [0.25, 0.3) is 0 Å². The molecule has 0 fully saturated rings. The maximum Gasteiger partial charge on any atom is 0.394 e. The minimum atomic E-state index is -4.07. The van der Waals surface area contributed by atoms with Crippen molar-refractivity contribution in [3.8, 4) is 0 Å². The van der Waals surface area contributed by atoms with Crippen molar-refractivity contribution in [2.24, 2.45) is 0 Å². The average molecular weight is 226 g/mol. The molecule has 0 bridgehead atoms. The van der Waals surface area contributed by atoms with Gasteiger partial charge in [-0.25, -0.2) is 0 Å². The summed E-state index contributed by atoms with van der Waals surface area (Å²) < 4.78 is 65.9. The standard InChI is InChI=1S/C2H4F2O6S2/c3-2(4,10-12(7)8)1-9-11(5)6/h1H2,(H,5,6)(H,7,8). The van der Waals surface area contributed by atoms with E-state index in [-0.39, 0.29) is 0 Å². The van der Waals surface area contributed by atoms with E-state index in [0.717, 1.165) is 0 Å². The van der Waals surface area contributed by atoms with Gasteiger partial charge in [0.25, 0.3) is 0 Å². The molecule has 0 spiro atoms. The molecule has 74 valence electrons. The van der Waals surface area contributed by atoms with Crippen molar-refractivity contribution < 1.29 is 34.7 Å². The lowest BCUT2D eigenvalue weighted by Crippen LogP contribution is -2.28. The molecule has 0 rings (SSSR count). The number of halogens is 2. The van der Waals surface area contributed by atoms with Gasteiger partial charge in [0.1, 0.15) is 0 Å². The lowest BCUT2D eigenvalue weighted by molar-refractivity contribution is -0.191. The van der Waals surface area contributed by atoms with Crippen LogP contribution in [0.2, 0.25) is 0 Å². The van der Waals surface area contributed by atoms with E-state index in [0.29, 0.717) is 0 Å². The van der Waals surface area contributed by atoms with Crippen LogP contribution in [0.4, 0.5) is 8.78 Å². The molecule has 0 radical (unpaired) electrons.